The maximum absolute atomic E-state index is 12.3. The molecule has 11 heteroatoms. The van der Waals surface area contributed by atoms with Crippen molar-refractivity contribution in [1.82, 2.24) is 20.1 Å². The lowest BCUT2D eigenvalue weighted by Crippen LogP contribution is -2.37. The number of nitrogens with one attached hydrogen (secondary N) is 2. The summed E-state index contributed by atoms with van der Waals surface area (Å²) in [6.45, 7) is 0.340. The Labute approximate surface area is 181 Å². The topological polar surface area (TPSA) is 93.4 Å². The number of carbonyl (C=O) groups excluding carboxylic acids is 1. The van der Waals surface area contributed by atoms with Crippen molar-refractivity contribution in [2.45, 2.75) is 13.2 Å². The van der Waals surface area contributed by atoms with Crippen LogP contribution in [0.3, 0.4) is 0 Å². The molecule has 2 amide bonds. The highest BCUT2D eigenvalue weighted by Gasteiger charge is 2.11. The number of hydrogen-bond acceptors (Lipinski definition) is 5. The van der Waals surface area contributed by atoms with Crippen molar-refractivity contribution in [3.05, 3.63) is 75.8 Å². The van der Waals surface area contributed by atoms with Gasteiger partial charge in [0, 0.05) is 10.0 Å². The Kier molecular flexibility index (Phi) is 7.29. The SMILES string of the molecule is O=C(N/C(Cn1cncn1)=N/OCc1ccc(Cl)cc1)Nc1ccc(Cl)cc1Cl. The Balaban J connectivity index is 1.65. The molecule has 0 unspecified atom stereocenters. The lowest BCUT2D eigenvalue weighted by atomic mass is 10.2. The number of anilines is 1. The third kappa shape index (κ3) is 6.63. The van der Waals surface area contributed by atoms with Crippen LogP contribution in [-0.2, 0) is 18.0 Å². The zero-order valence-electron chi connectivity index (χ0n) is 14.8. The van der Waals surface area contributed by atoms with Gasteiger partial charge in [-0.05, 0) is 35.9 Å². The number of oxime groups is 1. The molecule has 3 aromatic rings. The van der Waals surface area contributed by atoms with E-state index in [0.717, 1.165) is 5.56 Å². The van der Waals surface area contributed by atoms with Gasteiger partial charge in [-0.15, -0.1) is 0 Å². The molecule has 3 rings (SSSR count). The smallest absolute Gasteiger partial charge is 0.324 e. The van der Waals surface area contributed by atoms with Crippen LogP contribution in [0.25, 0.3) is 0 Å². The van der Waals surface area contributed by atoms with Gasteiger partial charge >= 0.3 is 6.03 Å². The lowest BCUT2D eigenvalue weighted by molar-refractivity contribution is 0.128. The second-order valence-corrected chi connectivity index (χ2v) is 7.01. The Bertz CT molecular complexity index is 993. The van der Waals surface area contributed by atoms with Gasteiger partial charge < -0.3 is 10.2 Å². The average molecular weight is 454 g/mol. The van der Waals surface area contributed by atoms with Crippen LogP contribution in [0.1, 0.15) is 5.56 Å². The molecule has 0 saturated heterocycles. The first-order valence-electron chi connectivity index (χ1n) is 8.28. The molecule has 29 heavy (non-hydrogen) atoms. The molecular weight excluding hydrogens is 439 g/mol. The van der Waals surface area contributed by atoms with Crippen molar-refractivity contribution in [2.24, 2.45) is 5.16 Å². The molecule has 0 fully saturated rings. The fourth-order valence-electron chi connectivity index (χ4n) is 2.20. The molecule has 1 heterocycles. The zero-order chi connectivity index (χ0) is 20.6. The van der Waals surface area contributed by atoms with Crippen molar-refractivity contribution in [1.29, 1.82) is 0 Å². The molecule has 1 aromatic heterocycles. The number of benzene rings is 2. The van der Waals surface area contributed by atoms with Crippen LogP contribution in [0.2, 0.25) is 15.1 Å². The van der Waals surface area contributed by atoms with Crippen molar-refractivity contribution in [2.75, 3.05) is 5.32 Å². The molecule has 0 radical (unpaired) electrons. The fourth-order valence-corrected chi connectivity index (χ4v) is 2.78. The van der Waals surface area contributed by atoms with Crippen LogP contribution in [0.4, 0.5) is 10.5 Å². The van der Waals surface area contributed by atoms with E-state index in [1.54, 1.807) is 24.3 Å². The summed E-state index contributed by atoms with van der Waals surface area (Å²) >= 11 is 17.8. The van der Waals surface area contributed by atoms with E-state index in [-0.39, 0.29) is 19.0 Å². The van der Waals surface area contributed by atoms with Gasteiger partial charge in [0.15, 0.2) is 5.84 Å². The largest absolute Gasteiger partial charge is 0.389 e. The molecule has 0 saturated carbocycles. The van der Waals surface area contributed by atoms with Gasteiger partial charge in [0.05, 0.1) is 10.7 Å². The summed E-state index contributed by atoms with van der Waals surface area (Å²) in [7, 11) is 0. The first-order chi connectivity index (χ1) is 14.0. The van der Waals surface area contributed by atoms with Crippen molar-refractivity contribution in [3.8, 4) is 0 Å². The van der Waals surface area contributed by atoms with Gasteiger partial charge in [-0.3, -0.25) is 5.32 Å². The molecule has 0 aliphatic heterocycles. The second-order valence-electron chi connectivity index (χ2n) is 5.73. The number of halogens is 3. The summed E-state index contributed by atoms with van der Waals surface area (Å²) in [5.41, 5.74) is 1.27. The van der Waals surface area contributed by atoms with Crippen LogP contribution in [0, 0.1) is 0 Å². The minimum atomic E-state index is -0.553. The number of amidine groups is 1. The lowest BCUT2D eigenvalue weighted by Gasteiger charge is -2.11. The first-order valence-corrected chi connectivity index (χ1v) is 9.42. The van der Waals surface area contributed by atoms with E-state index < -0.39 is 6.03 Å². The monoisotopic (exact) mass is 452 g/mol. The predicted octanol–water partition coefficient (Wildman–Crippen LogP) is 4.59. The number of urea groups is 1. The van der Waals surface area contributed by atoms with E-state index in [9.17, 15) is 4.79 Å². The number of rotatable bonds is 6. The highest BCUT2D eigenvalue weighted by atomic mass is 35.5. The van der Waals surface area contributed by atoms with Crippen LogP contribution >= 0.6 is 34.8 Å². The quantitative estimate of drug-likeness (QED) is 0.324. The number of carbonyl (C=O) groups is 1. The Morgan fingerprint density at radius 1 is 1.10 bits per heavy atom. The molecule has 0 spiro atoms. The van der Waals surface area contributed by atoms with Crippen LogP contribution < -0.4 is 10.6 Å². The van der Waals surface area contributed by atoms with Crippen molar-refractivity contribution >= 4 is 52.4 Å². The number of nitrogens with zero attached hydrogens (tertiary/aromatic N) is 4. The standard InChI is InChI=1S/C18H15Cl3N6O2/c19-13-3-1-12(2-4-13)9-29-26-17(8-27-11-22-10-23-27)25-18(28)24-16-6-5-14(20)7-15(16)21/h1-7,10-11H,8-9H2,(H2,24,25,26,28). The van der Waals surface area contributed by atoms with E-state index >= 15 is 0 Å². The van der Waals surface area contributed by atoms with Crippen LogP contribution in [-0.4, -0.2) is 26.6 Å². The van der Waals surface area contributed by atoms with Gasteiger partial charge in [-0.1, -0.05) is 52.1 Å². The highest BCUT2D eigenvalue weighted by Crippen LogP contribution is 2.25. The third-order valence-electron chi connectivity index (χ3n) is 3.53. The molecule has 0 aliphatic carbocycles. The average Bonchev–Trinajstić information content (AvgIpc) is 3.18. The summed E-state index contributed by atoms with van der Waals surface area (Å²) in [5.74, 6) is 0.215. The van der Waals surface area contributed by atoms with E-state index in [0.29, 0.717) is 20.8 Å². The Hall–Kier alpha value is -2.81. The normalized spacial score (nSPS) is 11.2. The predicted molar refractivity (Wildman–Crippen MR) is 112 cm³/mol. The third-order valence-corrected chi connectivity index (χ3v) is 4.33. The van der Waals surface area contributed by atoms with Crippen LogP contribution in [0.5, 0.6) is 0 Å². The van der Waals surface area contributed by atoms with Crippen LogP contribution in [0.15, 0.2) is 60.3 Å². The van der Waals surface area contributed by atoms with Gasteiger partial charge in [-0.25, -0.2) is 14.5 Å². The maximum atomic E-state index is 12.3. The number of amides is 2. The van der Waals surface area contributed by atoms with Gasteiger partial charge in [0.1, 0.15) is 25.8 Å². The fraction of sp³-hybridized carbons (Fsp3) is 0.111. The first kappa shape index (κ1) is 20.9. The van der Waals surface area contributed by atoms with Crippen molar-refractivity contribution < 1.29 is 9.63 Å². The van der Waals surface area contributed by atoms with Gasteiger partial charge in [0.2, 0.25) is 0 Å². The molecule has 0 bridgehead atoms. The Morgan fingerprint density at radius 3 is 2.55 bits per heavy atom. The molecule has 150 valence electrons. The van der Waals surface area contributed by atoms with Gasteiger partial charge in [0.25, 0.3) is 0 Å². The van der Waals surface area contributed by atoms with E-state index in [1.807, 2.05) is 12.1 Å². The summed E-state index contributed by atoms with van der Waals surface area (Å²) in [5, 5.41) is 14.6. The molecule has 0 aliphatic rings. The molecule has 2 aromatic carbocycles. The summed E-state index contributed by atoms with van der Waals surface area (Å²) < 4.78 is 1.49. The van der Waals surface area contributed by atoms with Crippen molar-refractivity contribution in [3.63, 3.8) is 0 Å². The molecule has 8 nitrogen and oxygen atoms in total. The maximum Gasteiger partial charge on any atom is 0.324 e. The van der Waals surface area contributed by atoms with E-state index in [2.05, 4.69) is 25.9 Å². The summed E-state index contributed by atoms with van der Waals surface area (Å²) in [6.07, 6.45) is 2.87. The highest BCUT2D eigenvalue weighted by molar-refractivity contribution is 6.36. The molecular formula is C18H15Cl3N6O2. The zero-order valence-corrected chi connectivity index (χ0v) is 17.1. The Morgan fingerprint density at radius 2 is 1.86 bits per heavy atom. The number of aromatic nitrogens is 3. The second kappa shape index (κ2) is 10.1. The van der Waals surface area contributed by atoms with Gasteiger partial charge in [-0.2, -0.15) is 5.10 Å². The minimum absolute atomic E-state index is 0.141. The van der Waals surface area contributed by atoms with E-state index in [1.165, 1.54) is 23.4 Å². The molecule has 2 N–H and O–H groups in total. The summed E-state index contributed by atoms with van der Waals surface area (Å²) in [4.78, 5) is 21.6. The minimum Gasteiger partial charge on any atom is -0.389 e. The summed E-state index contributed by atoms with van der Waals surface area (Å²) in [6, 6.07) is 11.3. The molecule has 0 atom stereocenters. The van der Waals surface area contributed by atoms with E-state index in [4.69, 9.17) is 39.6 Å². The number of hydrogen-bond donors (Lipinski definition) is 2.